The lowest BCUT2D eigenvalue weighted by atomic mass is 9.93. The molecule has 1 saturated carbocycles. The minimum absolute atomic E-state index is 0.000616. The number of aliphatic imine (C=N–C) groups is 1. The van der Waals surface area contributed by atoms with Crippen LogP contribution >= 0.6 is 23.4 Å². The fraction of sp³-hybridized carbons (Fsp3) is 0.217. The number of amides is 1. The lowest BCUT2D eigenvalue weighted by Crippen LogP contribution is -2.20. The number of aromatic nitrogens is 2. The second-order valence-corrected chi connectivity index (χ2v) is 9.42. The second-order valence-electron chi connectivity index (χ2n) is 7.98. The molecule has 1 amide bonds. The number of rotatable bonds is 4. The summed E-state index contributed by atoms with van der Waals surface area (Å²) in [4.78, 5) is 25.7. The molecule has 1 aliphatic heterocycles. The summed E-state index contributed by atoms with van der Waals surface area (Å²) in [7, 11) is 0. The van der Waals surface area contributed by atoms with Crippen LogP contribution in [0.4, 0.5) is 18.0 Å². The minimum Gasteiger partial charge on any atom is -0.450 e. The molecule has 2 aromatic carbocycles. The molecule has 8 nitrogen and oxygen atoms in total. The van der Waals surface area contributed by atoms with Crippen molar-refractivity contribution in [3.8, 4) is 0 Å². The molecule has 1 aliphatic carbocycles. The maximum absolute atomic E-state index is 13.7. The Hall–Kier alpha value is -3.51. The summed E-state index contributed by atoms with van der Waals surface area (Å²) in [5.41, 5.74) is 1.13. The molecule has 0 spiro atoms. The number of benzene rings is 2. The summed E-state index contributed by atoms with van der Waals surface area (Å²) in [5.74, 6) is -0.456. The lowest BCUT2D eigenvalue weighted by Gasteiger charge is -2.16. The van der Waals surface area contributed by atoms with Crippen molar-refractivity contribution >= 4 is 57.1 Å². The molecular weight excluding hydrogens is 521 g/mol. The number of carbonyl (C=O) groups is 2. The predicted molar refractivity (Wildman–Crippen MR) is 130 cm³/mol. The number of thioether (sulfide) groups is 1. The van der Waals surface area contributed by atoms with Crippen molar-refractivity contribution in [2.45, 2.75) is 31.5 Å². The van der Waals surface area contributed by atoms with Crippen LogP contribution in [0.25, 0.3) is 16.5 Å². The first-order valence-corrected chi connectivity index (χ1v) is 11.7. The zero-order chi connectivity index (χ0) is 26.0. The fourth-order valence-corrected chi connectivity index (χ4v) is 4.73. The van der Waals surface area contributed by atoms with Gasteiger partial charge in [0.2, 0.25) is 0 Å². The quantitative estimate of drug-likeness (QED) is 0.309. The Kier molecular flexibility index (Phi) is 7.27. The second kappa shape index (κ2) is 10.2. The fourth-order valence-electron chi connectivity index (χ4n) is 3.56. The molecule has 13 heteroatoms. The average Bonchev–Trinajstić information content (AvgIpc) is 3.34. The van der Waals surface area contributed by atoms with Crippen molar-refractivity contribution in [2.75, 3.05) is 0 Å². The molecule has 2 heterocycles. The Morgan fingerprint density at radius 2 is 1.92 bits per heavy atom. The SMILES string of the molecule is O=C(O)O.O=C1N=C(NC2CC2)SC1=C(Cc1ccc(Cl)cc1C(F)(F)F)c1ccc2[nH]ncc2c1. The molecule has 0 unspecified atom stereocenters. The summed E-state index contributed by atoms with van der Waals surface area (Å²) in [6.45, 7) is 0. The molecule has 2 aliphatic rings. The van der Waals surface area contributed by atoms with E-state index in [-0.39, 0.29) is 17.0 Å². The van der Waals surface area contributed by atoms with E-state index in [1.165, 1.54) is 23.9 Å². The Balaban J connectivity index is 0.000000709. The topological polar surface area (TPSA) is 128 Å². The third-order valence-electron chi connectivity index (χ3n) is 5.31. The largest absolute Gasteiger partial charge is 0.503 e. The predicted octanol–water partition coefficient (Wildman–Crippen LogP) is 5.79. The molecule has 36 heavy (non-hydrogen) atoms. The molecular formula is C23H18ClF3N4O4S. The first kappa shape index (κ1) is 25.6. The monoisotopic (exact) mass is 538 g/mol. The summed E-state index contributed by atoms with van der Waals surface area (Å²) in [6.07, 6.45) is -2.86. The maximum atomic E-state index is 13.7. The normalized spacial score (nSPS) is 16.9. The van der Waals surface area contributed by atoms with E-state index in [1.807, 2.05) is 6.07 Å². The molecule has 3 aromatic rings. The van der Waals surface area contributed by atoms with Gasteiger partial charge in [-0.1, -0.05) is 23.7 Å². The number of hydrogen-bond donors (Lipinski definition) is 4. The molecule has 1 fully saturated rings. The molecule has 0 atom stereocenters. The number of hydrogen-bond acceptors (Lipinski definition) is 5. The van der Waals surface area contributed by atoms with Crippen LogP contribution in [0, 0.1) is 0 Å². The molecule has 5 rings (SSSR count). The van der Waals surface area contributed by atoms with Crippen LogP contribution in [-0.2, 0) is 17.4 Å². The van der Waals surface area contributed by atoms with Crippen LogP contribution in [-0.4, -0.2) is 43.7 Å². The molecule has 0 radical (unpaired) electrons. The van der Waals surface area contributed by atoms with Gasteiger partial charge in [-0.25, -0.2) is 4.79 Å². The first-order chi connectivity index (χ1) is 17.0. The van der Waals surface area contributed by atoms with Crippen LogP contribution in [0.1, 0.15) is 29.5 Å². The highest BCUT2D eigenvalue weighted by molar-refractivity contribution is 8.18. The summed E-state index contributed by atoms with van der Waals surface area (Å²) in [6, 6.07) is 9.37. The lowest BCUT2D eigenvalue weighted by molar-refractivity contribution is -0.138. The van der Waals surface area contributed by atoms with E-state index in [4.69, 9.17) is 26.6 Å². The number of carboxylic acid groups (broad SMARTS) is 2. The third-order valence-corrected chi connectivity index (χ3v) is 6.57. The number of halogens is 4. The Bertz CT molecular complexity index is 1400. The van der Waals surface area contributed by atoms with Gasteiger partial charge in [0.15, 0.2) is 5.17 Å². The van der Waals surface area contributed by atoms with Crippen molar-refractivity contribution < 1.29 is 33.0 Å². The van der Waals surface area contributed by atoms with Crippen LogP contribution in [0.2, 0.25) is 5.02 Å². The van der Waals surface area contributed by atoms with Gasteiger partial charge in [-0.2, -0.15) is 23.3 Å². The zero-order valence-corrected chi connectivity index (χ0v) is 19.8. The van der Waals surface area contributed by atoms with E-state index in [2.05, 4.69) is 20.5 Å². The number of nitrogens with zero attached hydrogens (tertiary/aromatic N) is 2. The van der Waals surface area contributed by atoms with Crippen molar-refractivity contribution in [1.82, 2.24) is 15.5 Å². The molecule has 4 N–H and O–H groups in total. The van der Waals surface area contributed by atoms with Gasteiger partial charge in [-0.15, -0.1) is 0 Å². The highest BCUT2D eigenvalue weighted by Crippen LogP contribution is 2.40. The number of carbonyl (C=O) groups excluding carboxylic acids is 1. The van der Waals surface area contributed by atoms with Crippen LogP contribution in [0.5, 0.6) is 0 Å². The van der Waals surface area contributed by atoms with Gasteiger partial charge in [0.1, 0.15) is 0 Å². The number of amidine groups is 1. The molecule has 1 aromatic heterocycles. The molecule has 188 valence electrons. The van der Waals surface area contributed by atoms with Crippen LogP contribution in [0.3, 0.4) is 0 Å². The van der Waals surface area contributed by atoms with E-state index in [9.17, 15) is 18.0 Å². The Morgan fingerprint density at radius 1 is 1.19 bits per heavy atom. The summed E-state index contributed by atoms with van der Waals surface area (Å²) >= 11 is 7.02. The van der Waals surface area contributed by atoms with Crippen LogP contribution < -0.4 is 5.32 Å². The highest BCUT2D eigenvalue weighted by atomic mass is 35.5. The zero-order valence-electron chi connectivity index (χ0n) is 18.3. The van der Waals surface area contributed by atoms with Crippen molar-refractivity contribution in [2.24, 2.45) is 4.99 Å². The first-order valence-electron chi connectivity index (χ1n) is 10.5. The van der Waals surface area contributed by atoms with E-state index in [1.54, 1.807) is 18.3 Å². The van der Waals surface area contributed by atoms with Gasteiger partial charge in [-0.05, 0) is 72.0 Å². The summed E-state index contributed by atoms with van der Waals surface area (Å²) < 4.78 is 41.2. The third kappa shape index (κ3) is 6.18. The van der Waals surface area contributed by atoms with Gasteiger partial charge >= 0.3 is 12.3 Å². The Labute approximate surface area is 211 Å². The van der Waals surface area contributed by atoms with Crippen LogP contribution in [0.15, 0.2) is 52.5 Å². The number of H-pyrrole nitrogens is 1. The van der Waals surface area contributed by atoms with Crippen molar-refractivity contribution in [3.05, 3.63) is 69.2 Å². The van der Waals surface area contributed by atoms with E-state index in [0.717, 1.165) is 29.8 Å². The van der Waals surface area contributed by atoms with Crippen molar-refractivity contribution in [3.63, 3.8) is 0 Å². The Morgan fingerprint density at radius 3 is 2.58 bits per heavy atom. The number of nitrogens with one attached hydrogen (secondary N) is 2. The van der Waals surface area contributed by atoms with E-state index in [0.29, 0.717) is 27.3 Å². The smallest absolute Gasteiger partial charge is 0.450 e. The average molecular weight is 539 g/mol. The maximum Gasteiger partial charge on any atom is 0.503 e. The van der Waals surface area contributed by atoms with E-state index >= 15 is 0 Å². The van der Waals surface area contributed by atoms with Gasteiger partial charge in [0.25, 0.3) is 5.91 Å². The van der Waals surface area contributed by atoms with Gasteiger partial charge in [0.05, 0.1) is 22.2 Å². The highest BCUT2D eigenvalue weighted by Gasteiger charge is 2.35. The molecule has 0 saturated heterocycles. The van der Waals surface area contributed by atoms with E-state index < -0.39 is 23.8 Å². The number of fused-ring (bicyclic) bond motifs is 1. The number of aromatic amines is 1. The minimum atomic E-state index is -4.58. The number of alkyl halides is 3. The standard InChI is InChI=1S/C22H16ClF3N4OS.CH2O3/c23-14-3-1-12(17(9-14)22(24,25)26)8-16(11-2-6-18-13(7-11)10-27-30-18)19-20(31)29-21(32-19)28-15-4-5-15;2-1(3)4/h1-3,6-7,9-10,15H,4-5,8H2,(H,27,30)(H,28,29,31);(H2,2,3,4). The number of allylic oxidation sites excluding steroid dienone is 1. The van der Waals surface area contributed by atoms with Gasteiger partial charge in [-0.3, -0.25) is 9.89 Å². The molecule has 0 bridgehead atoms. The van der Waals surface area contributed by atoms with Crippen molar-refractivity contribution in [1.29, 1.82) is 0 Å². The van der Waals surface area contributed by atoms with Gasteiger partial charge < -0.3 is 15.5 Å². The summed E-state index contributed by atoms with van der Waals surface area (Å²) in [5, 5.41) is 25.3. The van der Waals surface area contributed by atoms with Gasteiger partial charge in [0, 0.05) is 16.5 Å².